The fourth-order valence-corrected chi connectivity index (χ4v) is 6.48. The molecule has 2 N–H and O–H groups in total. The summed E-state index contributed by atoms with van der Waals surface area (Å²) in [5.41, 5.74) is 0.294. The number of oxazole rings is 1. The molecule has 12 heteroatoms. The molecule has 0 saturated carbocycles. The summed E-state index contributed by atoms with van der Waals surface area (Å²) in [6.07, 6.45) is 0.545. The lowest BCUT2D eigenvalue weighted by molar-refractivity contribution is -0.163. The molecule has 33 heavy (non-hydrogen) atoms. The van der Waals surface area contributed by atoms with Crippen molar-refractivity contribution in [1.29, 1.82) is 0 Å². The van der Waals surface area contributed by atoms with Gasteiger partial charge in [-0.2, -0.15) is 4.98 Å². The molecule has 3 unspecified atom stereocenters. The van der Waals surface area contributed by atoms with Crippen molar-refractivity contribution < 1.29 is 33.8 Å². The van der Waals surface area contributed by atoms with Gasteiger partial charge in [0.15, 0.2) is 5.69 Å². The number of aliphatic hydroxyl groups excluding tert-OH is 1. The molecule has 0 aliphatic carbocycles. The fraction of sp³-hybridized carbons (Fsp3) is 0.619. The van der Waals surface area contributed by atoms with Gasteiger partial charge in [-0.05, 0) is 6.92 Å². The molecule has 0 spiro atoms. The van der Waals surface area contributed by atoms with Crippen molar-refractivity contribution in [3.8, 4) is 0 Å². The highest BCUT2D eigenvalue weighted by molar-refractivity contribution is 8.03. The molecule has 4 atom stereocenters. The van der Waals surface area contributed by atoms with Crippen LogP contribution in [-0.4, -0.2) is 99.6 Å². The minimum atomic E-state index is -1.13. The van der Waals surface area contributed by atoms with Gasteiger partial charge in [-0.15, -0.1) is 11.8 Å². The summed E-state index contributed by atoms with van der Waals surface area (Å²) >= 11 is 1.46. The number of amides is 2. The Hall–Kier alpha value is -2.57. The predicted molar refractivity (Wildman–Crippen MR) is 116 cm³/mol. The standard InChI is InChI=1S/C21H26N4O7S/c1-10-15-14(11(2)26)19(28)25(15)16(20(29)30)17(10)33-12-7-24(8-12)21-22-13(9-32-21)18(27)23-3-5-31-6-4-23/h9-12,14-15,26H,3-8H2,1-2H3,(H,29,30)/t10-,11?,14?,15?/m1/s1. The van der Waals surface area contributed by atoms with Crippen molar-refractivity contribution in [1.82, 2.24) is 14.8 Å². The maximum atomic E-state index is 12.6. The highest BCUT2D eigenvalue weighted by Gasteiger charge is 2.60. The van der Waals surface area contributed by atoms with E-state index in [1.165, 1.54) is 22.9 Å². The van der Waals surface area contributed by atoms with Gasteiger partial charge in [-0.1, -0.05) is 6.92 Å². The molecule has 1 aromatic rings. The maximum absolute atomic E-state index is 12.6. The molecule has 178 valence electrons. The Bertz CT molecular complexity index is 1010. The number of aliphatic carboxylic acids is 1. The van der Waals surface area contributed by atoms with Gasteiger partial charge in [0, 0.05) is 42.3 Å². The minimum Gasteiger partial charge on any atom is -0.477 e. The van der Waals surface area contributed by atoms with E-state index in [-0.39, 0.29) is 40.4 Å². The van der Waals surface area contributed by atoms with Crippen LogP contribution in [0.15, 0.2) is 21.3 Å². The molecule has 11 nitrogen and oxygen atoms in total. The average Bonchev–Trinajstić information content (AvgIpc) is 3.32. The Morgan fingerprint density at radius 1 is 1.27 bits per heavy atom. The Morgan fingerprint density at radius 3 is 2.61 bits per heavy atom. The van der Waals surface area contributed by atoms with E-state index >= 15 is 0 Å². The fourth-order valence-electron chi connectivity index (χ4n) is 4.96. The number of hydrogen-bond donors (Lipinski definition) is 2. The maximum Gasteiger partial charge on any atom is 0.353 e. The van der Waals surface area contributed by atoms with Crippen LogP contribution in [0.2, 0.25) is 0 Å². The second-order valence-corrected chi connectivity index (χ2v) is 10.2. The number of carboxylic acids is 1. The molecule has 0 bridgehead atoms. The van der Waals surface area contributed by atoms with Crippen LogP contribution >= 0.6 is 11.8 Å². The van der Waals surface area contributed by atoms with E-state index in [1.807, 2.05) is 11.8 Å². The third-order valence-corrected chi connectivity index (χ3v) is 8.18. The van der Waals surface area contributed by atoms with E-state index in [2.05, 4.69) is 4.98 Å². The number of thioether (sulfide) groups is 1. The number of ether oxygens (including phenoxy) is 1. The number of fused-ring (bicyclic) bond motifs is 1. The first-order valence-corrected chi connectivity index (χ1v) is 11.9. The van der Waals surface area contributed by atoms with Gasteiger partial charge in [-0.25, -0.2) is 4.79 Å². The Morgan fingerprint density at radius 2 is 1.97 bits per heavy atom. The molecule has 5 rings (SSSR count). The van der Waals surface area contributed by atoms with E-state index in [0.717, 1.165) is 0 Å². The number of rotatable bonds is 6. The smallest absolute Gasteiger partial charge is 0.353 e. The van der Waals surface area contributed by atoms with Crippen molar-refractivity contribution in [2.24, 2.45) is 11.8 Å². The zero-order chi connectivity index (χ0) is 23.4. The molecule has 0 aromatic carbocycles. The molecule has 1 aromatic heterocycles. The zero-order valence-corrected chi connectivity index (χ0v) is 19.2. The van der Waals surface area contributed by atoms with E-state index in [0.29, 0.717) is 50.3 Å². The number of aromatic nitrogens is 1. The van der Waals surface area contributed by atoms with E-state index in [4.69, 9.17) is 9.15 Å². The molecule has 5 heterocycles. The van der Waals surface area contributed by atoms with Crippen LogP contribution in [0.1, 0.15) is 24.3 Å². The highest BCUT2D eigenvalue weighted by Crippen LogP contribution is 2.52. The monoisotopic (exact) mass is 478 g/mol. The average molecular weight is 479 g/mol. The van der Waals surface area contributed by atoms with Crippen LogP contribution in [0.5, 0.6) is 0 Å². The van der Waals surface area contributed by atoms with E-state index < -0.39 is 18.0 Å². The number of anilines is 1. The summed E-state index contributed by atoms with van der Waals surface area (Å²) in [5.74, 6) is -2.37. The number of carbonyl (C=O) groups excluding carboxylic acids is 2. The van der Waals surface area contributed by atoms with E-state index in [9.17, 15) is 24.6 Å². The topological polar surface area (TPSA) is 137 Å². The zero-order valence-electron chi connectivity index (χ0n) is 18.3. The minimum absolute atomic E-state index is 0.0346. The molecule has 3 saturated heterocycles. The first kappa shape index (κ1) is 22.2. The van der Waals surface area contributed by atoms with Gasteiger partial charge in [-0.3, -0.25) is 9.59 Å². The lowest BCUT2D eigenvalue weighted by Crippen LogP contribution is -2.63. The van der Waals surface area contributed by atoms with Crippen LogP contribution < -0.4 is 4.90 Å². The number of carbonyl (C=O) groups is 3. The van der Waals surface area contributed by atoms with Gasteiger partial charge in [0.2, 0.25) is 5.91 Å². The summed E-state index contributed by atoms with van der Waals surface area (Å²) in [7, 11) is 0. The number of hydrogen-bond acceptors (Lipinski definition) is 9. The van der Waals surface area contributed by atoms with Crippen LogP contribution in [0, 0.1) is 11.8 Å². The summed E-state index contributed by atoms with van der Waals surface area (Å²) in [4.78, 5) is 46.9. The summed E-state index contributed by atoms with van der Waals surface area (Å²) in [5, 5.41) is 19.8. The normalized spacial score (nSPS) is 28.5. The van der Waals surface area contributed by atoms with Crippen molar-refractivity contribution in [2.75, 3.05) is 44.3 Å². The SMILES string of the molecule is CC(O)C1C(=O)N2C(C(=O)O)=C(SC3CN(c4nc(C(=O)N5CCOCC5)co4)C3)[C@H](C)C12. The highest BCUT2D eigenvalue weighted by atomic mass is 32.2. The first-order valence-electron chi connectivity index (χ1n) is 11.0. The molecule has 0 radical (unpaired) electrons. The van der Waals surface area contributed by atoms with Crippen LogP contribution in [0.3, 0.4) is 0 Å². The molecular formula is C21H26N4O7S. The lowest BCUT2D eigenvalue weighted by atomic mass is 9.79. The quantitative estimate of drug-likeness (QED) is 0.547. The van der Waals surface area contributed by atoms with Crippen LogP contribution in [-0.2, 0) is 14.3 Å². The number of morpholine rings is 1. The second-order valence-electron chi connectivity index (χ2n) is 8.84. The largest absolute Gasteiger partial charge is 0.477 e. The van der Waals surface area contributed by atoms with Crippen molar-refractivity contribution >= 4 is 35.6 Å². The third-order valence-electron chi connectivity index (χ3n) is 6.73. The molecule has 4 aliphatic heterocycles. The lowest BCUT2D eigenvalue weighted by Gasteiger charge is -2.46. The Labute approximate surface area is 194 Å². The van der Waals surface area contributed by atoms with Gasteiger partial charge >= 0.3 is 5.97 Å². The van der Waals surface area contributed by atoms with Crippen molar-refractivity contribution in [2.45, 2.75) is 31.2 Å². The van der Waals surface area contributed by atoms with Crippen molar-refractivity contribution in [3.05, 3.63) is 22.6 Å². The predicted octanol–water partition coefficient (Wildman–Crippen LogP) is 0.223. The molecule has 2 amide bonds. The van der Waals surface area contributed by atoms with Gasteiger partial charge in [0.25, 0.3) is 11.9 Å². The second kappa shape index (κ2) is 8.33. The first-order chi connectivity index (χ1) is 15.8. The van der Waals surface area contributed by atoms with E-state index in [1.54, 1.807) is 11.8 Å². The summed E-state index contributed by atoms with van der Waals surface area (Å²) in [6.45, 7) is 6.71. The van der Waals surface area contributed by atoms with Crippen LogP contribution in [0.4, 0.5) is 6.01 Å². The summed E-state index contributed by atoms with van der Waals surface area (Å²) in [6, 6.07) is 0.0475. The van der Waals surface area contributed by atoms with Crippen molar-refractivity contribution in [3.63, 3.8) is 0 Å². The van der Waals surface area contributed by atoms with Gasteiger partial charge < -0.3 is 34.1 Å². The van der Waals surface area contributed by atoms with Gasteiger partial charge in [0.05, 0.1) is 31.3 Å². The number of nitrogens with zero attached hydrogens (tertiary/aromatic N) is 4. The Balaban J connectivity index is 1.23. The molecular weight excluding hydrogens is 452 g/mol. The molecule has 4 aliphatic rings. The number of β-lactam (4-membered cyclic amide) rings is 1. The number of carboxylic acid groups (broad SMARTS) is 1. The van der Waals surface area contributed by atoms with Crippen LogP contribution in [0.25, 0.3) is 0 Å². The van der Waals surface area contributed by atoms with Gasteiger partial charge in [0.1, 0.15) is 12.0 Å². The number of aliphatic hydroxyl groups is 1. The molecule has 3 fully saturated rings. The Kier molecular flexibility index (Phi) is 5.61. The third kappa shape index (κ3) is 3.60. The summed E-state index contributed by atoms with van der Waals surface area (Å²) < 4.78 is 10.8.